The van der Waals surface area contributed by atoms with Gasteiger partial charge in [0.15, 0.2) is 0 Å². The summed E-state index contributed by atoms with van der Waals surface area (Å²) in [4.78, 5) is 13.8. The summed E-state index contributed by atoms with van der Waals surface area (Å²) in [6, 6.07) is 0. The number of carbonyl (C=O) groups excluding carboxylic acids is 1. The number of piperidine rings is 1. The first-order valence-corrected chi connectivity index (χ1v) is 7.60. The van der Waals surface area contributed by atoms with Crippen LogP contribution in [0.2, 0.25) is 0 Å². The summed E-state index contributed by atoms with van der Waals surface area (Å²) >= 11 is 0. The molecule has 0 aromatic carbocycles. The van der Waals surface area contributed by atoms with Gasteiger partial charge in [0.1, 0.15) is 5.60 Å². The number of aliphatic hydroxyl groups is 2. The Labute approximate surface area is 126 Å². The minimum atomic E-state index is -1.12. The molecule has 0 aromatic heterocycles. The van der Waals surface area contributed by atoms with Gasteiger partial charge < -0.3 is 24.6 Å². The van der Waals surface area contributed by atoms with Crippen molar-refractivity contribution in [2.45, 2.75) is 51.2 Å². The number of nitrogens with zero attached hydrogens (tertiary/aromatic N) is 1. The first-order valence-electron chi connectivity index (χ1n) is 7.60. The Morgan fingerprint density at radius 1 is 1.38 bits per heavy atom. The second-order valence-corrected chi connectivity index (χ2v) is 7.28. The maximum atomic E-state index is 12.2. The van der Waals surface area contributed by atoms with Gasteiger partial charge in [-0.15, -0.1) is 0 Å². The summed E-state index contributed by atoms with van der Waals surface area (Å²) in [5.41, 5.74) is -2.35. The lowest BCUT2D eigenvalue weighted by Gasteiger charge is -2.48. The Kier molecular flexibility index (Phi) is 4.52. The van der Waals surface area contributed by atoms with Crippen LogP contribution >= 0.6 is 0 Å². The van der Waals surface area contributed by atoms with Gasteiger partial charge in [-0.2, -0.15) is 0 Å². The second kappa shape index (κ2) is 5.74. The van der Waals surface area contributed by atoms with Crippen LogP contribution in [0.15, 0.2) is 0 Å². The smallest absolute Gasteiger partial charge is 0.410 e. The summed E-state index contributed by atoms with van der Waals surface area (Å²) in [5.74, 6) is 0. The van der Waals surface area contributed by atoms with Gasteiger partial charge in [-0.25, -0.2) is 4.79 Å². The molecule has 2 heterocycles. The molecule has 6 heteroatoms. The van der Waals surface area contributed by atoms with Crippen LogP contribution in [0.25, 0.3) is 0 Å². The Balaban J connectivity index is 2.11. The molecule has 21 heavy (non-hydrogen) atoms. The van der Waals surface area contributed by atoms with Crippen molar-refractivity contribution in [2.24, 2.45) is 5.41 Å². The van der Waals surface area contributed by atoms with Crippen LogP contribution in [0.3, 0.4) is 0 Å². The number of likely N-dealkylation sites (tertiary alicyclic amines) is 1. The molecular weight excluding hydrogens is 274 g/mol. The zero-order valence-electron chi connectivity index (χ0n) is 13.2. The first kappa shape index (κ1) is 16.5. The van der Waals surface area contributed by atoms with E-state index in [9.17, 15) is 15.0 Å². The van der Waals surface area contributed by atoms with E-state index in [1.54, 1.807) is 4.90 Å². The summed E-state index contributed by atoms with van der Waals surface area (Å²) in [5, 5.41) is 20.8. The average Bonchev–Trinajstić information content (AvgIpc) is 2.87. The monoisotopic (exact) mass is 301 g/mol. The van der Waals surface area contributed by atoms with Crippen molar-refractivity contribution in [3.63, 3.8) is 0 Å². The zero-order chi connectivity index (χ0) is 15.7. The number of β-amino-alcohol motifs (C(OH)–C–C–N with tert-alkyl or cyclic N) is 1. The van der Waals surface area contributed by atoms with Gasteiger partial charge in [-0.1, -0.05) is 0 Å². The number of rotatable bonds is 2. The maximum Gasteiger partial charge on any atom is 0.410 e. The molecule has 0 bridgehead atoms. The molecule has 2 saturated heterocycles. The van der Waals surface area contributed by atoms with Crippen molar-refractivity contribution in [2.75, 3.05) is 32.9 Å². The Morgan fingerprint density at radius 3 is 2.62 bits per heavy atom. The van der Waals surface area contributed by atoms with E-state index in [-0.39, 0.29) is 13.2 Å². The molecule has 2 fully saturated rings. The molecule has 0 aromatic rings. The number of aliphatic hydroxyl groups excluding tert-OH is 1. The molecule has 1 amide bonds. The van der Waals surface area contributed by atoms with Gasteiger partial charge in [-0.05, 0) is 40.0 Å². The Morgan fingerprint density at radius 2 is 2.10 bits per heavy atom. The van der Waals surface area contributed by atoms with Gasteiger partial charge in [0.2, 0.25) is 0 Å². The zero-order valence-corrected chi connectivity index (χ0v) is 13.2. The van der Waals surface area contributed by atoms with E-state index in [1.807, 2.05) is 20.8 Å². The number of carbonyl (C=O) groups is 1. The predicted octanol–water partition coefficient (Wildman–Crippen LogP) is 1.15. The lowest BCUT2D eigenvalue weighted by Crippen LogP contribution is -2.61. The van der Waals surface area contributed by atoms with Gasteiger partial charge in [-0.3, -0.25) is 0 Å². The van der Waals surface area contributed by atoms with E-state index in [4.69, 9.17) is 9.47 Å². The van der Waals surface area contributed by atoms with Crippen molar-refractivity contribution in [3.05, 3.63) is 0 Å². The predicted molar refractivity (Wildman–Crippen MR) is 76.9 cm³/mol. The highest BCUT2D eigenvalue weighted by Crippen LogP contribution is 2.44. The SMILES string of the molecule is CC(C)(C)OC(=O)N1CCCC(O)(C2(CO)CCOC2)C1. The van der Waals surface area contributed by atoms with Crippen LogP contribution in [0.5, 0.6) is 0 Å². The van der Waals surface area contributed by atoms with Crippen LogP contribution in [0, 0.1) is 5.41 Å². The van der Waals surface area contributed by atoms with Crippen LogP contribution in [0.4, 0.5) is 4.79 Å². The molecule has 2 aliphatic rings. The molecule has 2 rings (SSSR count). The fourth-order valence-electron chi connectivity index (χ4n) is 3.20. The van der Waals surface area contributed by atoms with E-state index >= 15 is 0 Å². The molecule has 2 N–H and O–H groups in total. The molecule has 122 valence electrons. The third-order valence-electron chi connectivity index (χ3n) is 4.52. The largest absolute Gasteiger partial charge is 0.444 e. The van der Waals surface area contributed by atoms with E-state index in [0.717, 1.165) is 0 Å². The number of ether oxygens (including phenoxy) is 2. The van der Waals surface area contributed by atoms with Crippen molar-refractivity contribution >= 4 is 6.09 Å². The lowest BCUT2D eigenvalue weighted by molar-refractivity contribution is -0.143. The fraction of sp³-hybridized carbons (Fsp3) is 0.933. The van der Waals surface area contributed by atoms with Crippen LogP contribution in [-0.4, -0.2) is 65.3 Å². The van der Waals surface area contributed by atoms with Crippen molar-refractivity contribution < 1.29 is 24.5 Å². The molecule has 0 spiro atoms. The van der Waals surface area contributed by atoms with Crippen LogP contribution < -0.4 is 0 Å². The minimum absolute atomic E-state index is 0.133. The lowest BCUT2D eigenvalue weighted by atomic mass is 9.68. The standard InChI is InChI=1S/C15H27NO5/c1-13(2,3)21-12(18)16-7-4-5-15(19,9-16)14(10-17)6-8-20-11-14/h17,19H,4-11H2,1-3H3. The average molecular weight is 301 g/mol. The second-order valence-electron chi connectivity index (χ2n) is 7.28. The maximum absolute atomic E-state index is 12.2. The fourth-order valence-corrected chi connectivity index (χ4v) is 3.20. The van der Waals surface area contributed by atoms with Gasteiger partial charge in [0.05, 0.1) is 25.4 Å². The molecule has 2 unspecified atom stereocenters. The minimum Gasteiger partial charge on any atom is -0.444 e. The van der Waals surface area contributed by atoms with E-state index in [2.05, 4.69) is 0 Å². The van der Waals surface area contributed by atoms with Crippen molar-refractivity contribution in [1.82, 2.24) is 4.90 Å². The summed E-state index contributed by atoms with van der Waals surface area (Å²) in [6.07, 6.45) is 1.46. The highest BCUT2D eigenvalue weighted by atomic mass is 16.6. The molecule has 2 aliphatic heterocycles. The van der Waals surface area contributed by atoms with E-state index < -0.39 is 22.7 Å². The highest BCUT2D eigenvalue weighted by molar-refractivity contribution is 5.68. The summed E-state index contributed by atoms with van der Waals surface area (Å²) < 4.78 is 10.8. The highest BCUT2D eigenvalue weighted by Gasteiger charge is 2.54. The molecule has 0 saturated carbocycles. The number of hydrogen-bond donors (Lipinski definition) is 2. The molecule has 2 atom stereocenters. The molecule has 0 aliphatic carbocycles. The van der Waals surface area contributed by atoms with Crippen LogP contribution in [-0.2, 0) is 9.47 Å². The Hall–Kier alpha value is -0.850. The topological polar surface area (TPSA) is 79.2 Å². The molecule has 0 radical (unpaired) electrons. The third kappa shape index (κ3) is 3.33. The van der Waals surface area contributed by atoms with Crippen molar-refractivity contribution in [3.8, 4) is 0 Å². The third-order valence-corrected chi connectivity index (χ3v) is 4.52. The number of hydrogen-bond acceptors (Lipinski definition) is 5. The van der Waals surface area contributed by atoms with Crippen LogP contribution in [0.1, 0.15) is 40.0 Å². The Bertz CT molecular complexity index is 386. The summed E-state index contributed by atoms with van der Waals surface area (Å²) in [6.45, 7) is 6.96. The first-order chi connectivity index (χ1) is 9.71. The van der Waals surface area contributed by atoms with Gasteiger partial charge >= 0.3 is 6.09 Å². The molecule has 6 nitrogen and oxygen atoms in total. The number of amides is 1. The quantitative estimate of drug-likeness (QED) is 0.800. The van der Waals surface area contributed by atoms with E-state index in [0.29, 0.717) is 39.0 Å². The molecular formula is C15H27NO5. The normalized spacial score (nSPS) is 34.0. The summed E-state index contributed by atoms with van der Waals surface area (Å²) in [7, 11) is 0. The van der Waals surface area contributed by atoms with Gasteiger partial charge in [0.25, 0.3) is 0 Å². The van der Waals surface area contributed by atoms with E-state index in [1.165, 1.54) is 0 Å². The van der Waals surface area contributed by atoms with Crippen molar-refractivity contribution in [1.29, 1.82) is 0 Å². The van der Waals surface area contributed by atoms with Gasteiger partial charge in [0, 0.05) is 18.6 Å².